The van der Waals surface area contributed by atoms with E-state index in [2.05, 4.69) is 4.98 Å². The highest BCUT2D eigenvalue weighted by atomic mass is 32.2. The Hall–Kier alpha value is -2.60. The second kappa shape index (κ2) is 6.26. The zero-order valence-corrected chi connectivity index (χ0v) is 13.2. The van der Waals surface area contributed by atoms with E-state index in [0.717, 1.165) is 5.69 Å². The van der Waals surface area contributed by atoms with Gasteiger partial charge in [-0.2, -0.15) is 0 Å². The molecule has 0 saturated heterocycles. The lowest BCUT2D eigenvalue weighted by Gasteiger charge is -2.07. The third-order valence-corrected chi connectivity index (χ3v) is 4.53. The van der Waals surface area contributed by atoms with Crippen LogP contribution < -0.4 is 5.56 Å². The largest absolute Gasteiger partial charge is 0.478 e. The quantitative estimate of drug-likeness (QED) is 0.746. The maximum atomic E-state index is 12.2. The van der Waals surface area contributed by atoms with Gasteiger partial charge in [0.25, 0.3) is 5.56 Å². The molecule has 0 bridgehead atoms. The number of aryl methyl sites for hydroxylation is 1. The van der Waals surface area contributed by atoms with E-state index in [1.54, 1.807) is 34.7 Å². The van der Waals surface area contributed by atoms with E-state index < -0.39 is 5.97 Å². The molecule has 1 aromatic carbocycles. The molecule has 0 aliphatic heterocycles. The summed E-state index contributed by atoms with van der Waals surface area (Å²) in [5.41, 5.74) is 2.18. The van der Waals surface area contributed by atoms with Crippen LogP contribution in [0.15, 0.2) is 58.2 Å². The van der Waals surface area contributed by atoms with Crippen LogP contribution in [0.2, 0.25) is 0 Å². The lowest BCUT2D eigenvalue weighted by atomic mass is 10.2. The van der Waals surface area contributed by atoms with Crippen LogP contribution in [0.1, 0.15) is 21.7 Å². The maximum absolute atomic E-state index is 12.2. The molecule has 0 atom stereocenters. The fourth-order valence-electron chi connectivity index (χ4n) is 2.36. The summed E-state index contributed by atoms with van der Waals surface area (Å²) in [6.45, 7) is 1.85. The number of thioether (sulfide) groups is 1. The number of carbonyl (C=O) groups is 1. The molecule has 0 saturated carbocycles. The van der Waals surface area contributed by atoms with Gasteiger partial charge in [-0.3, -0.25) is 9.20 Å². The molecule has 0 radical (unpaired) electrons. The molecule has 5 nitrogen and oxygen atoms in total. The smallest absolute Gasteiger partial charge is 0.336 e. The van der Waals surface area contributed by atoms with Gasteiger partial charge >= 0.3 is 5.97 Å². The number of pyridine rings is 1. The average molecular weight is 326 g/mol. The molecule has 116 valence electrons. The number of rotatable bonds is 4. The lowest BCUT2D eigenvalue weighted by molar-refractivity contribution is 0.0693. The minimum absolute atomic E-state index is 0.129. The fourth-order valence-corrected chi connectivity index (χ4v) is 3.30. The summed E-state index contributed by atoms with van der Waals surface area (Å²) >= 11 is 1.36. The lowest BCUT2D eigenvalue weighted by Crippen LogP contribution is -2.17. The molecule has 0 spiro atoms. The van der Waals surface area contributed by atoms with Crippen molar-refractivity contribution in [1.82, 2.24) is 9.38 Å². The molecule has 0 unspecified atom stereocenters. The zero-order chi connectivity index (χ0) is 16.4. The number of benzene rings is 1. The van der Waals surface area contributed by atoms with Crippen molar-refractivity contribution in [1.29, 1.82) is 0 Å². The fraction of sp³-hybridized carbons (Fsp3) is 0.118. The molecule has 3 rings (SSSR count). The Morgan fingerprint density at radius 2 is 2.00 bits per heavy atom. The number of carboxylic acids is 1. The number of aromatic nitrogens is 2. The average Bonchev–Trinajstić information content (AvgIpc) is 2.53. The normalized spacial score (nSPS) is 10.8. The molecule has 3 aromatic rings. The Morgan fingerprint density at radius 1 is 1.22 bits per heavy atom. The predicted molar refractivity (Wildman–Crippen MR) is 89.2 cm³/mol. The van der Waals surface area contributed by atoms with Gasteiger partial charge in [0.1, 0.15) is 5.65 Å². The summed E-state index contributed by atoms with van der Waals surface area (Å²) in [6, 6.07) is 13.8. The monoisotopic (exact) mass is 326 g/mol. The second-order valence-electron chi connectivity index (χ2n) is 5.04. The zero-order valence-electron chi connectivity index (χ0n) is 12.4. The topological polar surface area (TPSA) is 71.7 Å². The Morgan fingerprint density at radius 3 is 2.78 bits per heavy atom. The molecule has 1 N–H and O–H groups in total. The van der Waals surface area contributed by atoms with E-state index in [0.29, 0.717) is 22.0 Å². The molecular weight excluding hydrogens is 312 g/mol. The van der Waals surface area contributed by atoms with Crippen LogP contribution in [0.5, 0.6) is 0 Å². The van der Waals surface area contributed by atoms with Crippen molar-refractivity contribution in [3.05, 3.63) is 75.8 Å². The molecule has 0 fully saturated rings. The number of carboxylic acid groups (broad SMARTS) is 1. The third-order valence-electron chi connectivity index (χ3n) is 3.43. The van der Waals surface area contributed by atoms with Gasteiger partial charge in [-0.25, -0.2) is 9.78 Å². The first-order valence-electron chi connectivity index (χ1n) is 6.99. The van der Waals surface area contributed by atoms with Gasteiger partial charge in [0.2, 0.25) is 0 Å². The van der Waals surface area contributed by atoms with Crippen molar-refractivity contribution < 1.29 is 9.90 Å². The van der Waals surface area contributed by atoms with Crippen LogP contribution in [0.3, 0.4) is 0 Å². The number of hydrogen-bond acceptors (Lipinski definition) is 4. The third kappa shape index (κ3) is 3.12. The summed E-state index contributed by atoms with van der Waals surface area (Å²) in [5.74, 6) is -0.528. The Bertz CT molecular complexity index is 950. The van der Waals surface area contributed by atoms with E-state index in [-0.39, 0.29) is 11.1 Å². The van der Waals surface area contributed by atoms with E-state index in [9.17, 15) is 14.7 Å². The van der Waals surface area contributed by atoms with Crippen LogP contribution in [0.25, 0.3) is 5.65 Å². The molecule has 6 heteroatoms. The predicted octanol–water partition coefficient (Wildman–Crippen LogP) is 2.99. The molecular formula is C17H14N2O3S. The Labute approximate surface area is 136 Å². The van der Waals surface area contributed by atoms with Gasteiger partial charge in [0, 0.05) is 22.4 Å². The van der Waals surface area contributed by atoms with Gasteiger partial charge in [-0.15, -0.1) is 11.8 Å². The number of nitrogens with zero attached hydrogens (tertiary/aromatic N) is 2. The summed E-state index contributed by atoms with van der Waals surface area (Å²) in [6.07, 6.45) is 0. The van der Waals surface area contributed by atoms with Crippen LogP contribution in [-0.4, -0.2) is 20.5 Å². The highest BCUT2D eigenvalue weighted by Gasteiger charge is 2.10. The molecule has 0 aliphatic rings. The molecule has 0 amide bonds. The van der Waals surface area contributed by atoms with Crippen LogP contribution in [0.4, 0.5) is 0 Å². The first kappa shape index (κ1) is 15.3. The van der Waals surface area contributed by atoms with Crippen LogP contribution >= 0.6 is 11.8 Å². The molecule has 23 heavy (non-hydrogen) atoms. The summed E-state index contributed by atoms with van der Waals surface area (Å²) in [4.78, 5) is 28.6. The van der Waals surface area contributed by atoms with Gasteiger partial charge in [0.15, 0.2) is 0 Å². The first-order chi connectivity index (χ1) is 11.1. The number of hydrogen-bond donors (Lipinski definition) is 1. The van der Waals surface area contributed by atoms with Crippen molar-refractivity contribution in [3.63, 3.8) is 0 Å². The van der Waals surface area contributed by atoms with Crippen molar-refractivity contribution >= 4 is 23.4 Å². The molecule has 2 aromatic heterocycles. The van der Waals surface area contributed by atoms with E-state index in [4.69, 9.17) is 0 Å². The molecule has 0 aliphatic carbocycles. The Balaban J connectivity index is 1.92. The van der Waals surface area contributed by atoms with Crippen molar-refractivity contribution in [2.24, 2.45) is 0 Å². The highest BCUT2D eigenvalue weighted by molar-refractivity contribution is 7.98. The minimum Gasteiger partial charge on any atom is -0.478 e. The Kier molecular flexibility index (Phi) is 4.16. The van der Waals surface area contributed by atoms with Gasteiger partial charge in [0.05, 0.1) is 11.3 Å². The highest BCUT2D eigenvalue weighted by Crippen LogP contribution is 2.25. The van der Waals surface area contributed by atoms with Crippen molar-refractivity contribution in [2.45, 2.75) is 17.6 Å². The summed E-state index contributed by atoms with van der Waals surface area (Å²) < 4.78 is 1.55. The second-order valence-corrected chi connectivity index (χ2v) is 6.05. The van der Waals surface area contributed by atoms with Crippen molar-refractivity contribution in [2.75, 3.05) is 0 Å². The SMILES string of the molecule is Cc1cccc2nc(CSc3ccccc3C(=O)O)cc(=O)n12. The van der Waals surface area contributed by atoms with E-state index in [1.807, 2.05) is 19.1 Å². The van der Waals surface area contributed by atoms with E-state index >= 15 is 0 Å². The van der Waals surface area contributed by atoms with Crippen molar-refractivity contribution in [3.8, 4) is 0 Å². The summed E-state index contributed by atoms with van der Waals surface area (Å²) in [5, 5.41) is 9.20. The molecule has 2 heterocycles. The van der Waals surface area contributed by atoms with Gasteiger partial charge in [-0.05, 0) is 31.2 Å². The maximum Gasteiger partial charge on any atom is 0.336 e. The van der Waals surface area contributed by atoms with Gasteiger partial charge in [-0.1, -0.05) is 18.2 Å². The van der Waals surface area contributed by atoms with Gasteiger partial charge < -0.3 is 5.11 Å². The number of aromatic carboxylic acids is 1. The minimum atomic E-state index is -0.963. The standard InChI is InChI=1S/C17H14N2O3S/c1-11-5-4-8-15-18-12(9-16(20)19(11)15)10-23-14-7-3-2-6-13(14)17(21)22/h2-9H,10H2,1H3,(H,21,22). The van der Waals surface area contributed by atoms with E-state index in [1.165, 1.54) is 17.8 Å². The van der Waals surface area contributed by atoms with Crippen LogP contribution in [0, 0.1) is 6.92 Å². The van der Waals surface area contributed by atoms with Crippen LogP contribution in [-0.2, 0) is 5.75 Å². The summed E-state index contributed by atoms with van der Waals surface area (Å²) in [7, 11) is 0. The number of fused-ring (bicyclic) bond motifs is 1. The first-order valence-corrected chi connectivity index (χ1v) is 7.98.